The maximum atomic E-state index is 12.8. The van der Waals surface area contributed by atoms with Crippen molar-refractivity contribution in [1.82, 2.24) is 14.9 Å². The Labute approximate surface area is 122 Å². The van der Waals surface area contributed by atoms with Crippen molar-refractivity contribution < 1.29 is 4.79 Å². The van der Waals surface area contributed by atoms with Crippen LogP contribution in [0.25, 0.3) is 11.0 Å². The van der Waals surface area contributed by atoms with Crippen molar-refractivity contribution in [2.75, 3.05) is 12.4 Å². The van der Waals surface area contributed by atoms with Crippen LogP contribution in [0.5, 0.6) is 0 Å². The van der Waals surface area contributed by atoms with E-state index in [0.717, 1.165) is 18.5 Å². The largest absolute Gasteiger partial charge is 0.334 e. The number of aromatic nitrogens is 2. The highest BCUT2D eigenvalue weighted by molar-refractivity contribution is 6.18. The minimum Gasteiger partial charge on any atom is -0.334 e. The van der Waals surface area contributed by atoms with E-state index in [4.69, 9.17) is 11.6 Å². The van der Waals surface area contributed by atoms with Crippen molar-refractivity contribution in [2.24, 2.45) is 5.92 Å². The molecule has 2 unspecified atom stereocenters. The number of nitrogens with zero attached hydrogens (tertiary/aromatic N) is 3. The molecule has 1 amide bonds. The Bertz CT molecular complexity index is 641. The molecule has 3 rings (SSSR count). The second kappa shape index (κ2) is 5.37. The molecule has 0 bridgehead atoms. The van der Waals surface area contributed by atoms with Gasteiger partial charge in [0, 0.05) is 30.9 Å². The van der Waals surface area contributed by atoms with Gasteiger partial charge in [0.25, 0.3) is 5.91 Å². The molecular weight excluding hydrogens is 274 g/mol. The standard InChI is InChI=1S/C15H16ClN3O/c1-10-5-8-19(13(10)9-16)15(20)11-3-2-4-12-14(11)18-7-6-17-12/h2-4,6-7,10,13H,5,8-9H2,1H3. The van der Waals surface area contributed by atoms with Crippen LogP contribution in [0.1, 0.15) is 23.7 Å². The molecule has 0 saturated carbocycles. The number of alkyl halides is 1. The van der Waals surface area contributed by atoms with Crippen molar-refractivity contribution in [1.29, 1.82) is 0 Å². The number of amides is 1. The molecule has 4 nitrogen and oxygen atoms in total. The topological polar surface area (TPSA) is 46.1 Å². The lowest BCUT2D eigenvalue weighted by molar-refractivity contribution is 0.0739. The molecule has 1 aromatic carbocycles. The van der Waals surface area contributed by atoms with Gasteiger partial charge in [-0.3, -0.25) is 14.8 Å². The average Bonchev–Trinajstić information content (AvgIpc) is 2.86. The summed E-state index contributed by atoms with van der Waals surface area (Å²) in [6.07, 6.45) is 4.25. The molecule has 1 aliphatic rings. The van der Waals surface area contributed by atoms with Gasteiger partial charge in [0.15, 0.2) is 0 Å². The van der Waals surface area contributed by atoms with Gasteiger partial charge in [-0.1, -0.05) is 13.0 Å². The fourth-order valence-electron chi connectivity index (χ4n) is 2.82. The number of carbonyl (C=O) groups excluding carboxylic acids is 1. The first kappa shape index (κ1) is 13.3. The van der Waals surface area contributed by atoms with E-state index in [9.17, 15) is 4.79 Å². The molecule has 2 aromatic rings. The van der Waals surface area contributed by atoms with Crippen LogP contribution in [0.2, 0.25) is 0 Å². The normalized spacial score (nSPS) is 22.4. The van der Waals surface area contributed by atoms with E-state index < -0.39 is 0 Å². The summed E-state index contributed by atoms with van der Waals surface area (Å²) < 4.78 is 0. The summed E-state index contributed by atoms with van der Waals surface area (Å²) in [6, 6.07) is 5.63. The van der Waals surface area contributed by atoms with Gasteiger partial charge in [-0.05, 0) is 24.5 Å². The molecule has 1 saturated heterocycles. The van der Waals surface area contributed by atoms with Crippen molar-refractivity contribution in [2.45, 2.75) is 19.4 Å². The number of para-hydroxylation sites is 1. The zero-order chi connectivity index (χ0) is 14.1. The van der Waals surface area contributed by atoms with Gasteiger partial charge in [0.2, 0.25) is 0 Å². The molecule has 1 fully saturated rings. The third kappa shape index (κ3) is 2.14. The quantitative estimate of drug-likeness (QED) is 0.799. The molecule has 1 aliphatic heterocycles. The summed E-state index contributed by atoms with van der Waals surface area (Å²) >= 11 is 6.03. The first-order chi connectivity index (χ1) is 9.72. The molecule has 5 heteroatoms. The molecule has 104 valence electrons. The van der Waals surface area contributed by atoms with E-state index in [1.165, 1.54) is 0 Å². The lowest BCUT2D eigenvalue weighted by Gasteiger charge is -2.25. The third-order valence-electron chi connectivity index (χ3n) is 4.03. The van der Waals surface area contributed by atoms with Crippen LogP contribution in [-0.2, 0) is 0 Å². The van der Waals surface area contributed by atoms with Crippen molar-refractivity contribution in [3.8, 4) is 0 Å². The number of halogens is 1. The smallest absolute Gasteiger partial charge is 0.256 e. The minimum atomic E-state index is 0.00565. The summed E-state index contributed by atoms with van der Waals surface area (Å²) in [4.78, 5) is 23.2. The fourth-order valence-corrected chi connectivity index (χ4v) is 3.29. The SMILES string of the molecule is CC1CCN(C(=O)c2cccc3nccnc23)C1CCl. The van der Waals surface area contributed by atoms with Gasteiger partial charge in [-0.15, -0.1) is 11.6 Å². The molecule has 0 spiro atoms. The van der Waals surface area contributed by atoms with E-state index in [2.05, 4.69) is 16.9 Å². The monoisotopic (exact) mass is 289 g/mol. The van der Waals surface area contributed by atoms with Crippen LogP contribution in [0.3, 0.4) is 0 Å². The van der Waals surface area contributed by atoms with E-state index in [1.807, 2.05) is 23.1 Å². The molecule has 1 aromatic heterocycles. The van der Waals surface area contributed by atoms with Gasteiger partial charge in [0.05, 0.1) is 11.1 Å². The van der Waals surface area contributed by atoms with Gasteiger partial charge in [0.1, 0.15) is 5.52 Å². The summed E-state index contributed by atoms with van der Waals surface area (Å²) in [7, 11) is 0. The number of likely N-dealkylation sites (tertiary alicyclic amines) is 1. The Morgan fingerprint density at radius 1 is 1.40 bits per heavy atom. The van der Waals surface area contributed by atoms with Crippen LogP contribution in [0.4, 0.5) is 0 Å². The maximum absolute atomic E-state index is 12.8. The Morgan fingerprint density at radius 2 is 2.20 bits per heavy atom. The average molecular weight is 290 g/mol. The molecule has 2 atom stereocenters. The van der Waals surface area contributed by atoms with Crippen LogP contribution in [-0.4, -0.2) is 39.2 Å². The van der Waals surface area contributed by atoms with Gasteiger partial charge >= 0.3 is 0 Å². The number of hydrogen-bond donors (Lipinski definition) is 0. The molecule has 20 heavy (non-hydrogen) atoms. The number of fused-ring (bicyclic) bond motifs is 1. The zero-order valence-corrected chi connectivity index (χ0v) is 12.0. The Balaban J connectivity index is 2.01. The van der Waals surface area contributed by atoms with Crippen LogP contribution < -0.4 is 0 Å². The van der Waals surface area contributed by atoms with E-state index in [1.54, 1.807) is 12.4 Å². The Kier molecular flexibility index (Phi) is 3.57. The predicted octanol–water partition coefficient (Wildman–Crippen LogP) is 2.72. The number of rotatable bonds is 2. The highest BCUT2D eigenvalue weighted by Gasteiger charge is 2.34. The van der Waals surface area contributed by atoms with Crippen LogP contribution in [0.15, 0.2) is 30.6 Å². The van der Waals surface area contributed by atoms with E-state index >= 15 is 0 Å². The van der Waals surface area contributed by atoms with Gasteiger partial charge in [-0.2, -0.15) is 0 Å². The summed E-state index contributed by atoms with van der Waals surface area (Å²) in [6.45, 7) is 2.90. The van der Waals surface area contributed by atoms with Crippen LogP contribution in [0, 0.1) is 5.92 Å². The molecule has 2 heterocycles. The zero-order valence-electron chi connectivity index (χ0n) is 11.3. The molecule has 0 N–H and O–H groups in total. The van der Waals surface area contributed by atoms with Crippen molar-refractivity contribution in [3.05, 3.63) is 36.2 Å². The first-order valence-electron chi connectivity index (χ1n) is 6.79. The lowest BCUT2D eigenvalue weighted by atomic mass is 10.0. The van der Waals surface area contributed by atoms with Gasteiger partial charge < -0.3 is 4.90 Å². The summed E-state index contributed by atoms with van der Waals surface area (Å²) in [5.41, 5.74) is 2.01. The number of carbonyl (C=O) groups is 1. The second-order valence-electron chi connectivity index (χ2n) is 5.22. The summed E-state index contributed by atoms with van der Waals surface area (Å²) in [5.74, 6) is 0.923. The summed E-state index contributed by atoms with van der Waals surface area (Å²) in [5, 5.41) is 0. The minimum absolute atomic E-state index is 0.00565. The van der Waals surface area contributed by atoms with Crippen LogP contribution >= 0.6 is 11.6 Å². The van der Waals surface area contributed by atoms with Crippen molar-refractivity contribution in [3.63, 3.8) is 0 Å². The molecule has 0 radical (unpaired) electrons. The Hall–Kier alpha value is -1.68. The van der Waals surface area contributed by atoms with E-state index in [-0.39, 0.29) is 11.9 Å². The second-order valence-corrected chi connectivity index (χ2v) is 5.52. The highest BCUT2D eigenvalue weighted by atomic mass is 35.5. The molecule has 0 aliphatic carbocycles. The van der Waals surface area contributed by atoms with E-state index in [0.29, 0.717) is 22.9 Å². The maximum Gasteiger partial charge on any atom is 0.256 e. The van der Waals surface area contributed by atoms with Crippen molar-refractivity contribution >= 4 is 28.5 Å². The number of benzene rings is 1. The fraction of sp³-hybridized carbons (Fsp3) is 0.400. The first-order valence-corrected chi connectivity index (χ1v) is 7.32. The number of hydrogen-bond acceptors (Lipinski definition) is 3. The van der Waals surface area contributed by atoms with Gasteiger partial charge in [-0.25, -0.2) is 0 Å². The lowest BCUT2D eigenvalue weighted by Crippen LogP contribution is -2.38. The third-order valence-corrected chi connectivity index (χ3v) is 4.35. The highest BCUT2D eigenvalue weighted by Crippen LogP contribution is 2.27. The molecular formula is C15H16ClN3O. The Morgan fingerprint density at radius 3 is 3.00 bits per heavy atom. The predicted molar refractivity (Wildman–Crippen MR) is 78.9 cm³/mol.